The number of likely N-dealkylation sites (tertiary alicyclic amines) is 1. The van der Waals surface area contributed by atoms with Crippen LogP contribution in [-0.2, 0) is 13.0 Å². The van der Waals surface area contributed by atoms with Crippen LogP contribution >= 0.6 is 0 Å². The average molecular weight is 456 g/mol. The number of hydrogen-bond acceptors (Lipinski definition) is 4. The third-order valence-corrected chi connectivity index (χ3v) is 7.47. The minimum atomic E-state index is 0.550. The number of hydrogen-bond donors (Lipinski definition) is 0. The lowest BCUT2D eigenvalue weighted by Gasteiger charge is -2.32. The fourth-order valence-corrected chi connectivity index (χ4v) is 5.52. The quantitative estimate of drug-likeness (QED) is 0.398. The Bertz CT molecular complexity index is 1030. The second kappa shape index (κ2) is 10.5. The van der Waals surface area contributed by atoms with Crippen molar-refractivity contribution in [3.63, 3.8) is 0 Å². The molecule has 0 N–H and O–H groups in total. The SMILES string of the molecule is CCN(CC)c1ccc(CCN2CCC[C@@H]2CN2c3ccccc3COc3ccccc32)cc1. The van der Waals surface area contributed by atoms with E-state index in [0.717, 1.165) is 38.3 Å². The number of anilines is 3. The van der Waals surface area contributed by atoms with Gasteiger partial charge >= 0.3 is 0 Å². The molecule has 1 fully saturated rings. The third kappa shape index (κ3) is 4.78. The predicted molar refractivity (Wildman–Crippen MR) is 143 cm³/mol. The molecule has 0 unspecified atom stereocenters. The molecule has 2 heterocycles. The van der Waals surface area contributed by atoms with Crippen molar-refractivity contribution in [2.75, 3.05) is 42.5 Å². The normalized spacial score (nSPS) is 17.6. The topological polar surface area (TPSA) is 19.0 Å². The van der Waals surface area contributed by atoms with E-state index in [-0.39, 0.29) is 0 Å². The van der Waals surface area contributed by atoms with Crippen LogP contribution in [0.4, 0.5) is 17.1 Å². The van der Waals surface area contributed by atoms with Crippen molar-refractivity contribution in [1.29, 1.82) is 0 Å². The molecule has 0 radical (unpaired) electrons. The van der Waals surface area contributed by atoms with Gasteiger partial charge in [0.15, 0.2) is 0 Å². The van der Waals surface area contributed by atoms with E-state index in [4.69, 9.17) is 4.74 Å². The summed E-state index contributed by atoms with van der Waals surface area (Å²) in [6, 6.07) is 27.0. The molecule has 0 aromatic heterocycles. The molecule has 0 bridgehead atoms. The lowest BCUT2D eigenvalue weighted by Crippen LogP contribution is -2.39. The molecule has 2 aliphatic rings. The molecule has 2 aliphatic heterocycles. The van der Waals surface area contributed by atoms with E-state index in [9.17, 15) is 0 Å². The largest absolute Gasteiger partial charge is 0.487 e. The Labute approximate surface area is 204 Å². The first-order chi connectivity index (χ1) is 16.8. The molecule has 4 nitrogen and oxygen atoms in total. The van der Waals surface area contributed by atoms with Crippen LogP contribution in [0.15, 0.2) is 72.8 Å². The molecule has 0 amide bonds. The Hall–Kier alpha value is -2.98. The summed E-state index contributed by atoms with van der Waals surface area (Å²) in [5.74, 6) is 0.983. The fraction of sp³-hybridized carbons (Fsp3) is 0.400. The van der Waals surface area contributed by atoms with Crippen LogP contribution in [-0.4, -0.2) is 43.7 Å². The molecule has 1 saturated heterocycles. The zero-order valence-corrected chi connectivity index (χ0v) is 20.6. The maximum atomic E-state index is 6.19. The summed E-state index contributed by atoms with van der Waals surface area (Å²) in [6.45, 7) is 10.5. The minimum absolute atomic E-state index is 0.550. The fourth-order valence-electron chi connectivity index (χ4n) is 5.52. The van der Waals surface area contributed by atoms with E-state index in [1.807, 2.05) is 0 Å². The molecule has 34 heavy (non-hydrogen) atoms. The van der Waals surface area contributed by atoms with Crippen molar-refractivity contribution in [3.05, 3.63) is 83.9 Å². The smallest absolute Gasteiger partial charge is 0.143 e. The summed E-state index contributed by atoms with van der Waals surface area (Å²) < 4.78 is 6.19. The Kier molecular flexibility index (Phi) is 7.05. The van der Waals surface area contributed by atoms with E-state index in [1.54, 1.807) is 0 Å². The van der Waals surface area contributed by atoms with Crippen LogP contribution in [0.5, 0.6) is 5.75 Å². The van der Waals surface area contributed by atoms with Gasteiger partial charge in [0.2, 0.25) is 0 Å². The summed E-state index contributed by atoms with van der Waals surface area (Å²) in [5.41, 5.74) is 6.49. The van der Waals surface area contributed by atoms with Crippen LogP contribution in [0.25, 0.3) is 0 Å². The van der Waals surface area contributed by atoms with E-state index in [2.05, 4.69) is 101 Å². The second-order valence-electron chi connectivity index (χ2n) is 9.42. The van der Waals surface area contributed by atoms with Crippen molar-refractivity contribution in [1.82, 2.24) is 4.90 Å². The number of rotatable bonds is 8. The van der Waals surface area contributed by atoms with Gasteiger partial charge in [-0.1, -0.05) is 42.5 Å². The molecule has 3 aromatic carbocycles. The van der Waals surface area contributed by atoms with Gasteiger partial charge in [-0.2, -0.15) is 0 Å². The molecular weight excluding hydrogens is 418 g/mol. The summed E-state index contributed by atoms with van der Waals surface area (Å²) in [4.78, 5) is 7.61. The van der Waals surface area contributed by atoms with Gasteiger partial charge in [-0.05, 0) is 75.5 Å². The first-order valence-corrected chi connectivity index (χ1v) is 12.9. The summed E-state index contributed by atoms with van der Waals surface area (Å²) in [7, 11) is 0. The van der Waals surface area contributed by atoms with Crippen molar-refractivity contribution >= 4 is 17.1 Å². The summed E-state index contributed by atoms with van der Waals surface area (Å²) >= 11 is 0. The highest BCUT2D eigenvalue weighted by atomic mass is 16.5. The lowest BCUT2D eigenvalue weighted by molar-refractivity contribution is 0.261. The molecule has 1 atom stereocenters. The van der Waals surface area contributed by atoms with E-state index in [1.165, 1.54) is 47.6 Å². The maximum Gasteiger partial charge on any atom is 0.143 e. The van der Waals surface area contributed by atoms with Crippen LogP contribution in [0.1, 0.15) is 37.8 Å². The minimum Gasteiger partial charge on any atom is -0.487 e. The lowest BCUT2D eigenvalue weighted by atomic mass is 10.1. The molecule has 178 valence electrons. The van der Waals surface area contributed by atoms with E-state index in [0.29, 0.717) is 12.6 Å². The van der Waals surface area contributed by atoms with Crippen LogP contribution < -0.4 is 14.5 Å². The van der Waals surface area contributed by atoms with Gasteiger partial charge in [0.1, 0.15) is 12.4 Å². The van der Waals surface area contributed by atoms with Gasteiger partial charge in [-0.3, -0.25) is 4.90 Å². The zero-order valence-electron chi connectivity index (χ0n) is 20.6. The Balaban J connectivity index is 1.30. The van der Waals surface area contributed by atoms with Gasteiger partial charge in [-0.25, -0.2) is 0 Å². The number of fused-ring (bicyclic) bond motifs is 2. The highest BCUT2D eigenvalue weighted by molar-refractivity contribution is 5.72. The molecule has 4 heteroatoms. The molecular formula is C30H37N3O. The van der Waals surface area contributed by atoms with E-state index >= 15 is 0 Å². The number of benzene rings is 3. The van der Waals surface area contributed by atoms with Crippen LogP contribution in [0.3, 0.4) is 0 Å². The van der Waals surface area contributed by atoms with Crippen molar-refractivity contribution in [2.45, 2.75) is 45.8 Å². The van der Waals surface area contributed by atoms with Gasteiger partial charge in [0, 0.05) is 49.2 Å². The van der Waals surface area contributed by atoms with Crippen molar-refractivity contribution in [2.24, 2.45) is 0 Å². The number of ether oxygens (including phenoxy) is 1. The Morgan fingerprint density at radius 1 is 0.882 bits per heavy atom. The highest BCUT2D eigenvalue weighted by Crippen LogP contribution is 2.40. The summed E-state index contributed by atoms with van der Waals surface area (Å²) in [5, 5.41) is 0. The Morgan fingerprint density at radius 2 is 1.62 bits per heavy atom. The van der Waals surface area contributed by atoms with Gasteiger partial charge in [0.05, 0.1) is 5.69 Å². The van der Waals surface area contributed by atoms with E-state index < -0.39 is 0 Å². The molecule has 5 rings (SSSR count). The molecule has 0 aliphatic carbocycles. The predicted octanol–water partition coefficient (Wildman–Crippen LogP) is 6.27. The highest BCUT2D eigenvalue weighted by Gasteiger charge is 2.29. The average Bonchev–Trinajstić information content (AvgIpc) is 3.27. The third-order valence-electron chi connectivity index (χ3n) is 7.47. The first-order valence-electron chi connectivity index (χ1n) is 12.9. The second-order valence-corrected chi connectivity index (χ2v) is 9.42. The molecule has 3 aromatic rings. The maximum absolute atomic E-state index is 6.19. The monoisotopic (exact) mass is 455 g/mol. The van der Waals surface area contributed by atoms with Crippen molar-refractivity contribution < 1.29 is 4.74 Å². The van der Waals surface area contributed by atoms with Crippen molar-refractivity contribution in [3.8, 4) is 5.75 Å². The van der Waals surface area contributed by atoms with Gasteiger partial charge in [0.25, 0.3) is 0 Å². The first kappa shape index (κ1) is 22.8. The molecule has 0 saturated carbocycles. The van der Waals surface area contributed by atoms with Crippen LogP contribution in [0.2, 0.25) is 0 Å². The standard InChI is InChI=1S/C30H37N3O/c1-3-31(4-2)26-17-15-24(16-18-26)19-21-32-20-9-11-27(32)22-33-28-12-6-5-10-25(28)23-34-30-14-8-7-13-29(30)33/h5-8,10,12-18,27H,3-4,9,11,19-23H2,1-2H3/t27-/m1/s1. The number of para-hydroxylation sites is 3. The zero-order chi connectivity index (χ0) is 23.3. The molecule has 0 spiro atoms. The van der Waals surface area contributed by atoms with Crippen LogP contribution in [0, 0.1) is 0 Å². The summed E-state index contributed by atoms with van der Waals surface area (Å²) in [6.07, 6.45) is 3.63. The number of nitrogens with zero attached hydrogens (tertiary/aromatic N) is 3. The van der Waals surface area contributed by atoms with Gasteiger partial charge < -0.3 is 14.5 Å². The Morgan fingerprint density at radius 3 is 2.41 bits per heavy atom. The van der Waals surface area contributed by atoms with Gasteiger partial charge in [-0.15, -0.1) is 0 Å².